The normalized spacial score (nSPS) is 21.5. The first kappa shape index (κ1) is 12.6. The Kier molecular flexibility index (Phi) is 4.18. The first-order chi connectivity index (χ1) is 8.13. The van der Waals surface area contributed by atoms with Crippen molar-refractivity contribution >= 4 is 17.2 Å². The summed E-state index contributed by atoms with van der Waals surface area (Å²) in [5.74, 6) is 0.193. The second kappa shape index (κ2) is 5.65. The first-order valence-electron chi connectivity index (χ1n) is 6.21. The second-order valence-corrected chi connectivity index (χ2v) is 6.20. The Morgan fingerprint density at radius 2 is 2.41 bits per heavy atom. The molecule has 1 aromatic heterocycles. The van der Waals surface area contributed by atoms with E-state index in [-0.39, 0.29) is 5.91 Å². The second-order valence-electron chi connectivity index (χ2n) is 4.83. The molecule has 2 heterocycles. The Balaban J connectivity index is 1.70. The van der Waals surface area contributed by atoms with Gasteiger partial charge in [-0.15, -0.1) is 11.3 Å². The summed E-state index contributed by atoms with van der Waals surface area (Å²) in [6.07, 6.45) is 2.72. The van der Waals surface area contributed by atoms with Crippen molar-refractivity contribution in [1.29, 1.82) is 0 Å². The van der Waals surface area contributed by atoms with E-state index in [2.05, 4.69) is 36.6 Å². The Bertz CT molecular complexity index is 389. The van der Waals surface area contributed by atoms with Crippen molar-refractivity contribution in [2.75, 3.05) is 6.54 Å². The minimum absolute atomic E-state index is 0.193. The number of amides is 1. The number of hydrogen-bond donors (Lipinski definition) is 2. The van der Waals surface area contributed by atoms with Gasteiger partial charge in [-0.05, 0) is 38.8 Å². The molecule has 1 aromatic rings. The summed E-state index contributed by atoms with van der Waals surface area (Å²) in [5, 5.41) is 6.47. The number of hydrogen-bond acceptors (Lipinski definition) is 3. The van der Waals surface area contributed by atoms with E-state index >= 15 is 0 Å². The Morgan fingerprint density at radius 3 is 3.00 bits per heavy atom. The lowest BCUT2D eigenvalue weighted by Crippen LogP contribution is -2.40. The van der Waals surface area contributed by atoms with Crippen LogP contribution in [-0.2, 0) is 11.2 Å². The van der Waals surface area contributed by atoms with Crippen molar-refractivity contribution in [2.45, 2.75) is 45.2 Å². The van der Waals surface area contributed by atoms with Crippen LogP contribution in [0.3, 0.4) is 0 Å². The molecule has 4 heteroatoms. The summed E-state index contributed by atoms with van der Waals surface area (Å²) < 4.78 is 0. The van der Waals surface area contributed by atoms with Gasteiger partial charge in [0.2, 0.25) is 5.91 Å². The van der Waals surface area contributed by atoms with E-state index in [1.807, 2.05) is 11.3 Å². The zero-order valence-corrected chi connectivity index (χ0v) is 11.3. The van der Waals surface area contributed by atoms with E-state index < -0.39 is 0 Å². The lowest BCUT2D eigenvalue weighted by molar-refractivity contribution is -0.119. The molecule has 0 radical (unpaired) electrons. The van der Waals surface area contributed by atoms with Crippen molar-refractivity contribution < 1.29 is 4.79 Å². The Labute approximate surface area is 107 Å². The molecule has 0 bridgehead atoms. The summed E-state index contributed by atoms with van der Waals surface area (Å²) in [7, 11) is 0. The van der Waals surface area contributed by atoms with Crippen LogP contribution in [0.15, 0.2) is 12.1 Å². The quantitative estimate of drug-likeness (QED) is 0.840. The average Bonchev–Trinajstić information content (AvgIpc) is 2.85. The molecule has 0 aliphatic carbocycles. The molecule has 2 rings (SSSR count). The van der Waals surface area contributed by atoms with Crippen LogP contribution >= 0.6 is 11.3 Å². The highest BCUT2D eigenvalue weighted by molar-refractivity contribution is 7.11. The third-order valence-electron chi connectivity index (χ3n) is 3.10. The third-order valence-corrected chi connectivity index (χ3v) is 4.12. The van der Waals surface area contributed by atoms with Crippen LogP contribution in [0.4, 0.5) is 0 Å². The molecule has 17 heavy (non-hydrogen) atoms. The Morgan fingerprint density at radius 1 is 1.59 bits per heavy atom. The van der Waals surface area contributed by atoms with Gasteiger partial charge in [0, 0.05) is 34.8 Å². The predicted molar refractivity (Wildman–Crippen MR) is 71.4 cm³/mol. The maximum absolute atomic E-state index is 11.1. The molecule has 2 unspecified atom stereocenters. The van der Waals surface area contributed by atoms with E-state index in [4.69, 9.17) is 0 Å². The molecule has 1 amide bonds. The largest absolute Gasteiger partial charge is 0.352 e. The van der Waals surface area contributed by atoms with Crippen LogP contribution in [0.1, 0.15) is 29.5 Å². The maximum Gasteiger partial charge on any atom is 0.220 e. The van der Waals surface area contributed by atoms with E-state index in [1.54, 1.807) is 0 Å². The highest BCUT2D eigenvalue weighted by Gasteiger charge is 2.20. The van der Waals surface area contributed by atoms with Gasteiger partial charge in [-0.2, -0.15) is 0 Å². The summed E-state index contributed by atoms with van der Waals surface area (Å²) in [4.78, 5) is 13.9. The number of aryl methyl sites for hydroxylation is 1. The molecule has 1 fully saturated rings. The van der Waals surface area contributed by atoms with Crippen molar-refractivity contribution in [1.82, 2.24) is 10.6 Å². The molecule has 1 saturated heterocycles. The van der Waals surface area contributed by atoms with Crippen molar-refractivity contribution in [3.8, 4) is 0 Å². The molecule has 1 aliphatic rings. The molecule has 1 aliphatic heterocycles. The lowest BCUT2D eigenvalue weighted by atomic mass is 10.2. The first-order valence-corrected chi connectivity index (χ1v) is 7.03. The zero-order valence-electron chi connectivity index (χ0n) is 10.5. The van der Waals surface area contributed by atoms with Crippen LogP contribution in [-0.4, -0.2) is 24.5 Å². The number of nitrogens with one attached hydrogen (secondary N) is 2. The van der Waals surface area contributed by atoms with E-state index in [1.165, 1.54) is 9.75 Å². The third kappa shape index (κ3) is 3.82. The van der Waals surface area contributed by atoms with Crippen LogP contribution in [0.2, 0.25) is 0 Å². The van der Waals surface area contributed by atoms with Crippen LogP contribution in [0.5, 0.6) is 0 Å². The standard InChI is InChI=1S/C13H20N2OS/c1-9(7-12-5-3-10(2)17-12)14-8-11-4-6-13(16)15-11/h3,5,9,11,14H,4,6-8H2,1-2H3,(H,15,16). The van der Waals surface area contributed by atoms with Crippen molar-refractivity contribution in [3.05, 3.63) is 21.9 Å². The monoisotopic (exact) mass is 252 g/mol. The van der Waals surface area contributed by atoms with Gasteiger partial charge in [0.1, 0.15) is 0 Å². The molecular formula is C13H20N2OS. The highest BCUT2D eigenvalue weighted by atomic mass is 32.1. The maximum atomic E-state index is 11.1. The van der Waals surface area contributed by atoms with E-state index in [0.717, 1.165) is 19.4 Å². The minimum atomic E-state index is 0.193. The summed E-state index contributed by atoms with van der Waals surface area (Å²) in [5.41, 5.74) is 0. The van der Waals surface area contributed by atoms with Crippen molar-refractivity contribution in [3.63, 3.8) is 0 Å². The van der Waals surface area contributed by atoms with Gasteiger partial charge < -0.3 is 10.6 Å². The van der Waals surface area contributed by atoms with E-state index in [0.29, 0.717) is 18.5 Å². The number of carbonyl (C=O) groups excluding carboxylic acids is 1. The molecule has 2 atom stereocenters. The topological polar surface area (TPSA) is 41.1 Å². The summed E-state index contributed by atoms with van der Waals surface area (Å²) >= 11 is 1.86. The molecule has 3 nitrogen and oxygen atoms in total. The molecule has 0 spiro atoms. The lowest BCUT2D eigenvalue weighted by Gasteiger charge is -2.16. The van der Waals surface area contributed by atoms with E-state index in [9.17, 15) is 4.79 Å². The fourth-order valence-corrected chi connectivity index (χ4v) is 3.16. The van der Waals surface area contributed by atoms with Crippen LogP contribution < -0.4 is 10.6 Å². The van der Waals surface area contributed by atoms with Gasteiger partial charge in [0.25, 0.3) is 0 Å². The molecule has 94 valence electrons. The van der Waals surface area contributed by atoms with Gasteiger partial charge in [0.05, 0.1) is 0 Å². The van der Waals surface area contributed by atoms with Gasteiger partial charge in [-0.1, -0.05) is 0 Å². The molecular weight excluding hydrogens is 232 g/mol. The summed E-state index contributed by atoms with van der Waals surface area (Å²) in [6.45, 7) is 5.23. The molecule has 0 aromatic carbocycles. The fraction of sp³-hybridized carbons (Fsp3) is 0.615. The zero-order chi connectivity index (χ0) is 12.3. The number of rotatable bonds is 5. The van der Waals surface area contributed by atoms with Crippen molar-refractivity contribution in [2.24, 2.45) is 0 Å². The van der Waals surface area contributed by atoms with Crippen LogP contribution in [0.25, 0.3) is 0 Å². The summed E-state index contributed by atoms with van der Waals surface area (Å²) in [6, 6.07) is 5.17. The molecule has 0 saturated carbocycles. The minimum Gasteiger partial charge on any atom is -0.352 e. The number of carbonyl (C=O) groups is 1. The predicted octanol–water partition coefficient (Wildman–Crippen LogP) is 1.86. The van der Waals surface area contributed by atoms with Gasteiger partial charge in [-0.25, -0.2) is 0 Å². The Hall–Kier alpha value is -0.870. The molecule has 2 N–H and O–H groups in total. The SMILES string of the molecule is Cc1ccc(CC(C)NCC2CCC(=O)N2)s1. The van der Waals surface area contributed by atoms with Gasteiger partial charge >= 0.3 is 0 Å². The van der Waals surface area contributed by atoms with Gasteiger partial charge in [0.15, 0.2) is 0 Å². The number of thiophene rings is 1. The smallest absolute Gasteiger partial charge is 0.220 e. The average molecular weight is 252 g/mol. The highest BCUT2D eigenvalue weighted by Crippen LogP contribution is 2.16. The van der Waals surface area contributed by atoms with Crippen LogP contribution in [0, 0.1) is 6.92 Å². The fourth-order valence-electron chi connectivity index (χ4n) is 2.14. The van der Waals surface area contributed by atoms with Gasteiger partial charge in [-0.3, -0.25) is 4.79 Å².